The van der Waals surface area contributed by atoms with Crippen LogP contribution in [0.5, 0.6) is 0 Å². The number of hydrogen-bond donors (Lipinski definition) is 0. The Morgan fingerprint density at radius 2 is 1.93 bits per heavy atom. The highest BCUT2D eigenvalue weighted by atomic mass is 19.0. The Kier molecular flexibility index (Phi) is 9.66. The predicted octanol–water partition coefficient (Wildman–Crippen LogP) is 1.60. The van der Waals surface area contributed by atoms with E-state index in [4.69, 9.17) is 4.74 Å². The van der Waals surface area contributed by atoms with Gasteiger partial charge in [-0.2, -0.15) is 0 Å². The summed E-state index contributed by atoms with van der Waals surface area (Å²) in [5, 5.41) is 0. The Morgan fingerprint density at radius 1 is 1.36 bits per heavy atom. The molecular weight excluding hydrogens is 185 g/mol. The number of rotatable bonds is 6. The molecule has 0 unspecified atom stereocenters. The SMILES string of the molecule is C=C(C)C(=O)OCCCCN(C)C.F. The van der Waals surface area contributed by atoms with E-state index >= 15 is 0 Å². The Labute approximate surface area is 85.1 Å². The summed E-state index contributed by atoms with van der Waals surface area (Å²) in [4.78, 5) is 13.0. The number of ether oxygens (including phenoxy) is 1. The molecule has 0 N–H and O–H groups in total. The van der Waals surface area contributed by atoms with Crippen molar-refractivity contribution in [2.75, 3.05) is 27.2 Å². The second kappa shape index (κ2) is 8.69. The normalized spacial score (nSPS) is 9.43. The van der Waals surface area contributed by atoms with Crippen molar-refractivity contribution in [3.8, 4) is 0 Å². The number of unbranched alkanes of at least 4 members (excludes halogenated alkanes) is 1. The van der Waals surface area contributed by atoms with Crippen molar-refractivity contribution in [3.63, 3.8) is 0 Å². The van der Waals surface area contributed by atoms with E-state index in [2.05, 4.69) is 11.5 Å². The van der Waals surface area contributed by atoms with Crippen LogP contribution >= 0.6 is 0 Å². The van der Waals surface area contributed by atoms with Gasteiger partial charge in [-0.15, -0.1) is 0 Å². The molecule has 3 nitrogen and oxygen atoms in total. The number of carbonyl (C=O) groups is 1. The Morgan fingerprint density at radius 3 is 2.36 bits per heavy atom. The van der Waals surface area contributed by atoms with Crippen molar-refractivity contribution in [1.29, 1.82) is 0 Å². The molecule has 0 spiro atoms. The van der Waals surface area contributed by atoms with Crippen LogP contribution in [0.4, 0.5) is 4.70 Å². The van der Waals surface area contributed by atoms with Gasteiger partial charge >= 0.3 is 5.97 Å². The van der Waals surface area contributed by atoms with Gasteiger partial charge in [0.2, 0.25) is 0 Å². The van der Waals surface area contributed by atoms with Crippen LogP contribution in [-0.2, 0) is 9.53 Å². The van der Waals surface area contributed by atoms with Crippen LogP contribution in [0.25, 0.3) is 0 Å². The molecule has 0 saturated carbocycles. The fourth-order valence-corrected chi connectivity index (χ4v) is 0.818. The zero-order valence-corrected chi connectivity index (χ0v) is 9.21. The molecule has 0 amide bonds. The van der Waals surface area contributed by atoms with E-state index in [9.17, 15) is 4.79 Å². The maximum absolute atomic E-state index is 10.9. The van der Waals surface area contributed by atoms with Crippen LogP contribution < -0.4 is 0 Å². The molecule has 0 aliphatic heterocycles. The molecule has 0 heterocycles. The first-order valence-corrected chi connectivity index (χ1v) is 4.51. The van der Waals surface area contributed by atoms with E-state index in [1.165, 1.54) is 0 Å². The molecule has 0 saturated heterocycles. The third kappa shape index (κ3) is 9.19. The van der Waals surface area contributed by atoms with Crippen molar-refractivity contribution < 1.29 is 14.2 Å². The minimum absolute atomic E-state index is 0. The van der Waals surface area contributed by atoms with Gasteiger partial charge in [0.05, 0.1) is 6.61 Å². The molecular formula is C10H20FNO2. The minimum Gasteiger partial charge on any atom is -0.462 e. The summed E-state index contributed by atoms with van der Waals surface area (Å²) in [5.74, 6) is -0.287. The highest BCUT2D eigenvalue weighted by molar-refractivity contribution is 5.86. The van der Waals surface area contributed by atoms with Crippen molar-refractivity contribution in [1.82, 2.24) is 4.90 Å². The van der Waals surface area contributed by atoms with Crippen LogP contribution in [0.2, 0.25) is 0 Å². The average molecular weight is 205 g/mol. The van der Waals surface area contributed by atoms with Gasteiger partial charge in [-0.3, -0.25) is 4.70 Å². The second-order valence-electron chi connectivity index (χ2n) is 3.43. The monoisotopic (exact) mass is 205 g/mol. The maximum atomic E-state index is 10.9. The highest BCUT2D eigenvalue weighted by Crippen LogP contribution is 1.96. The molecule has 14 heavy (non-hydrogen) atoms. The topological polar surface area (TPSA) is 29.5 Å². The molecule has 0 bridgehead atoms. The number of esters is 1. The molecule has 0 aromatic carbocycles. The van der Waals surface area contributed by atoms with Crippen LogP contribution in [-0.4, -0.2) is 38.1 Å². The summed E-state index contributed by atoms with van der Waals surface area (Å²) in [6, 6.07) is 0. The molecule has 0 radical (unpaired) electrons. The summed E-state index contributed by atoms with van der Waals surface area (Å²) >= 11 is 0. The van der Waals surface area contributed by atoms with Gasteiger partial charge in [0.1, 0.15) is 0 Å². The van der Waals surface area contributed by atoms with Gasteiger partial charge in [-0.05, 0) is 40.4 Å². The Bertz CT molecular complexity index is 181. The lowest BCUT2D eigenvalue weighted by Gasteiger charge is -2.08. The number of nitrogens with zero attached hydrogens (tertiary/aromatic N) is 1. The van der Waals surface area contributed by atoms with Gasteiger partial charge in [-0.25, -0.2) is 4.79 Å². The lowest BCUT2D eigenvalue weighted by molar-refractivity contribution is -0.139. The fourth-order valence-electron chi connectivity index (χ4n) is 0.818. The number of hydrogen-bond acceptors (Lipinski definition) is 3. The number of halogens is 1. The first-order valence-electron chi connectivity index (χ1n) is 4.51. The zero-order valence-electron chi connectivity index (χ0n) is 9.21. The Hall–Kier alpha value is -0.900. The quantitative estimate of drug-likeness (QED) is 0.375. The third-order valence-corrected chi connectivity index (χ3v) is 1.58. The van der Waals surface area contributed by atoms with Gasteiger partial charge in [-0.1, -0.05) is 6.58 Å². The molecule has 0 rings (SSSR count). The summed E-state index contributed by atoms with van der Waals surface area (Å²) in [6.45, 7) is 6.69. The molecule has 0 atom stereocenters. The molecule has 4 heteroatoms. The molecule has 0 aromatic rings. The predicted molar refractivity (Wildman–Crippen MR) is 56.1 cm³/mol. The van der Waals surface area contributed by atoms with Crippen molar-refractivity contribution >= 4 is 5.97 Å². The van der Waals surface area contributed by atoms with Crippen molar-refractivity contribution in [2.45, 2.75) is 19.8 Å². The summed E-state index contributed by atoms with van der Waals surface area (Å²) in [5.41, 5.74) is 0.465. The van der Waals surface area contributed by atoms with E-state index in [1.54, 1.807) is 6.92 Å². The molecule has 0 aromatic heterocycles. The molecule has 0 aliphatic carbocycles. The van der Waals surface area contributed by atoms with E-state index < -0.39 is 0 Å². The fraction of sp³-hybridized carbons (Fsp3) is 0.700. The first kappa shape index (κ1) is 15.6. The van der Waals surface area contributed by atoms with Crippen molar-refractivity contribution in [2.24, 2.45) is 0 Å². The van der Waals surface area contributed by atoms with E-state index in [0.717, 1.165) is 19.4 Å². The van der Waals surface area contributed by atoms with Crippen LogP contribution in [0.1, 0.15) is 19.8 Å². The maximum Gasteiger partial charge on any atom is 0.333 e. The first-order chi connectivity index (χ1) is 6.04. The van der Waals surface area contributed by atoms with Gasteiger partial charge in [0, 0.05) is 5.57 Å². The number of carbonyl (C=O) groups excluding carboxylic acids is 1. The highest BCUT2D eigenvalue weighted by Gasteiger charge is 2.01. The minimum atomic E-state index is -0.287. The molecule has 0 aliphatic rings. The lowest BCUT2D eigenvalue weighted by Crippen LogP contribution is -2.14. The van der Waals surface area contributed by atoms with Crippen LogP contribution in [0.15, 0.2) is 12.2 Å². The van der Waals surface area contributed by atoms with Crippen LogP contribution in [0, 0.1) is 0 Å². The summed E-state index contributed by atoms with van der Waals surface area (Å²) in [6.07, 6.45) is 1.97. The third-order valence-electron chi connectivity index (χ3n) is 1.58. The van der Waals surface area contributed by atoms with Gasteiger partial charge in [0.25, 0.3) is 0 Å². The zero-order chi connectivity index (χ0) is 10.3. The lowest BCUT2D eigenvalue weighted by atomic mass is 10.3. The summed E-state index contributed by atoms with van der Waals surface area (Å²) in [7, 11) is 4.06. The smallest absolute Gasteiger partial charge is 0.333 e. The average Bonchev–Trinajstić information content (AvgIpc) is 2.02. The Balaban J connectivity index is 0. The van der Waals surface area contributed by atoms with Crippen LogP contribution in [0.3, 0.4) is 0 Å². The second-order valence-corrected chi connectivity index (χ2v) is 3.43. The molecule has 0 fully saturated rings. The van der Waals surface area contributed by atoms with E-state index in [0.29, 0.717) is 12.2 Å². The largest absolute Gasteiger partial charge is 0.462 e. The summed E-state index contributed by atoms with van der Waals surface area (Å²) < 4.78 is 4.93. The van der Waals surface area contributed by atoms with Crippen molar-refractivity contribution in [3.05, 3.63) is 12.2 Å². The standard InChI is InChI=1S/C10H19NO2.FH/c1-9(2)10(12)13-8-6-5-7-11(3)4;/h1,5-8H2,2-4H3;1H. The van der Waals surface area contributed by atoms with E-state index in [-0.39, 0.29) is 10.7 Å². The van der Waals surface area contributed by atoms with E-state index in [1.807, 2.05) is 14.1 Å². The molecule has 84 valence electrons. The van der Waals surface area contributed by atoms with Gasteiger partial charge in [0.15, 0.2) is 0 Å². The van der Waals surface area contributed by atoms with Gasteiger partial charge < -0.3 is 9.64 Å².